The molecule has 1 N–H and O–H groups in total. The molecule has 2 amide bonds. The minimum atomic E-state index is -0.786. The summed E-state index contributed by atoms with van der Waals surface area (Å²) in [7, 11) is 0. The number of thiazole rings is 1. The highest BCUT2D eigenvalue weighted by Gasteiger charge is 2.43. The van der Waals surface area contributed by atoms with E-state index in [1.165, 1.54) is 4.90 Å². The van der Waals surface area contributed by atoms with Crippen LogP contribution in [0.3, 0.4) is 0 Å². The van der Waals surface area contributed by atoms with Gasteiger partial charge in [-0.2, -0.15) is 0 Å². The number of carbonyl (C=O) groups is 3. The number of piperidine rings is 1. The first-order chi connectivity index (χ1) is 24.2. The van der Waals surface area contributed by atoms with Crippen molar-refractivity contribution < 1.29 is 38.2 Å². The van der Waals surface area contributed by atoms with Crippen molar-refractivity contribution in [2.45, 2.75) is 110 Å². The van der Waals surface area contributed by atoms with E-state index in [1.54, 1.807) is 22.3 Å². The third-order valence-electron chi connectivity index (χ3n) is 9.46. The summed E-state index contributed by atoms with van der Waals surface area (Å²) in [6.07, 6.45) is 0.791. The Morgan fingerprint density at radius 3 is 2.41 bits per heavy atom. The van der Waals surface area contributed by atoms with Crippen LogP contribution in [0.25, 0.3) is 10.4 Å². The lowest BCUT2D eigenvalue weighted by Gasteiger charge is -2.33. The zero-order chi connectivity index (χ0) is 36.9. The molecule has 2 aromatic heterocycles. The van der Waals surface area contributed by atoms with Crippen molar-refractivity contribution >= 4 is 29.1 Å². The highest BCUT2D eigenvalue weighted by atomic mass is 32.1. The number of hydrogen-bond donors (Lipinski definition) is 1. The average Bonchev–Trinajstić information content (AvgIpc) is 3.82. The Bertz CT molecular complexity index is 1620. The molecule has 0 bridgehead atoms. The minimum absolute atomic E-state index is 0.0108. The number of Topliss-reactive ketones (excluding diaryl/α,β-unsaturated/α-hetero) is 1. The molecule has 2 aliphatic heterocycles. The number of likely N-dealkylation sites (tertiary alicyclic amines) is 2. The molecule has 2 saturated heterocycles. The molecule has 2 aliphatic rings. The van der Waals surface area contributed by atoms with Crippen molar-refractivity contribution in [3.05, 3.63) is 52.9 Å². The molecule has 1 aromatic carbocycles. The standard InChI is InChI=1S/C38H52N4O8S/c1-23(2)34(32-20-33(40-50-32)48-17-16-47-29-12-14-41(15-13-29)37(46)49-38(5,6)7)36(45)42-21-28(43)19-30(42)31(44)18-24(3)26-8-10-27(11-9-26)35-25(4)39-22-51-35/h8-11,20,22-24,28-30,34,43H,12-19,21H2,1-7H3/t24-,28-,30+,34?/m1/s1. The summed E-state index contributed by atoms with van der Waals surface area (Å²) < 4.78 is 22.8. The quantitative estimate of drug-likeness (QED) is 0.198. The first-order valence-corrected chi connectivity index (χ1v) is 18.8. The molecule has 12 nitrogen and oxygen atoms in total. The Morgan fingerprint density at radius 2 is 1.78 bits per heavy atom. The molecule has 0 spiro atoms. The number of β-amino-alcohol motifs (C(OH)–C–C–N with tert-alkyl or cyclic N) is 1. The van der Waals surface area contributed by atoms with Crippen LogP contribution in [0.4, 0.5) is 4.79 Å². The van der Waals surface area contributed by atoms with E-state index in [0.29, 0.717) is 38.3 Å². The minimum Gasteiger partial charge on any atom is -0.473 e. The number of aromatic nitrogens is 2. The monoisotopic (exact) mass is 724 g/mol. The lowest BCUT2D eigenvalue weighted by atomic mass is 9.89. The van der Waals surface area contributed by atoms with Crippen molar-refractivity contribution in [3.63, 3.8) is 0 Å². The van der Waals surface area contributed by atoms with Gasteiger partial charge in [0, 0.05) is 38.5 Å². The van der Waals surface area contributed by atoms with Crippen molar-refractivity contribution in [2.75, 3.05) is 32.8 Å². The van der Waals surface area contributed by atoms with E-state index in [0.717, 1.165) is 21.7 Å². The Hall–Kier alpha value is -3.81. The zero-order valence-corrected chi connectivity index (χ0v) is 31.6. The van der Waals surface area contributed by atoms with Gasteiger partial charge in [-0.25, -0.2) is 9.78 Å². The number of amides is 2. The maximum Gasteiger partial charge on any atom is 0.410 e. The number of nitrogens with zero attached hydrogens (tertiary/aromatic N) is 4. The Balaban J connectivity index is 1.12. The molecular formula is C38H52N4O8S. The van der Waals surface area contributed by atoms with E-state index >= 15 is 0 Å². The molecule has 4 atom stereocenters. The lowest BCUT2D eigenvalue weighted by molar-refractivity contribution is -0.140. The van der Waals surface area contributed by atoms with Gasteiger partial charge in [0.25, 0.3) is 5.88 Å². The topological polar surface area (TPSA) is 145 Å². The van der Waals surface area contributed by atoms with Gasteiger partial charge in [-0.15, -0.1) is 11.3 Å². The number of benzene rings is 1. The van der Waals surface area contributed by atoms with Gasteiger partial charge in [-0.3, -0.25) is 9.59 Å². The fourth-order valence-corrected chi connectivity index (χ4v) is 7.57. The van der Waals surface area contributed by atoms with E-state index in [2.05, 4.69) is 22.3 Å². The van der Waals surface area contributed by atoms with E-state index in [9.17, 15) is 19.5 Å². The third-order valence-corrected chi connectivity index (χ3v) is 10.4. The smallest absolute Gasteiger partial charge is 0.410 e. The van der Waals surface area contributed by atoms with Crippen LogP contribution in [0.2, 0.25) is 0 Å². The lowest BCUT2D eigenvalue weighted by Crippen LogP contribution is -2.44. The molecular weight excluding hydrogens is 673 g/mol. The van der Waals surface area contributed by atoms with E-state index in [1.807, 2.05) is 66.1 Å². The highest BCUT2D eigenvalue weighted by Crippen LogP contribution is 2.34. The molecule has 2 fully saturated rings. The van der Waals surface area contributed by atoms with Crippen molar-refractivity contribution in [2.24, 2.45) is 5.92 Å². The van der Waals surface area contributed by atoms with Crippen molar-refractivity contribution in [1.29, 1.82) is 0 Å². The Labute approximate surface area is 304 Å². The van der Waals surface area contributed by atoms with Gasteiger partial charge in [0.05, 0.1) is 40.9 Å². The summed E-state index contributed by atoms with van der Waals surface area (Å²) in [6, 6.07) is 9.09. The number of rotatable bonds is 13. The number of ketones is 1. The maximum atomic E-state index is 14.0. The first-order valence-electron chi connectivity index (χ1n) is 17.9. The summed E-state index contributed by atoms with van der Waals surface area (Å²) in [5.74, 6) is -0.699. The molecule has 3 aromatic rings. The average molecular weight is 725 g/mol. The van der Waals surface area contributed by atoms with Crippen LogP contribution >= 0.6 is 11.3 Å². The SMILES string of the molecule is Cc1ncsc1-c1ccc([C@H](C)CC(=O)[C@@H]2C[C@@H](O)CN2C(=O)C(c2cc(OCCOC3CCN(C(=O)OC(C)(C)C)CC3)no2)C(C)C)cc1. The fraction of sp³-hybridized carbons (Fsp3) is 0.605. The Morgan fingerprint density at radius 1 is 1.08 bits per heavy atom. The third kappa shape index (κ3) is 9.95. The zero-order valence-electron chi connectivity index (χ0n) is 30.8. The first kappa shape index (κ1) is 38.4. The molecule has 278 valence electrons. The van der Waals surface area contributed by atoms with Gasteiger partial charge in [-0.05, 0) is 68.7 Å². The van der Waals surface area contributed by atoms with Crippen LogP contribution < -0.4 is 4.74 Å². The predicted octanol–water partition coefficient (Wildman–Crippen LogP) is 6.37. The van der Waals surface area contributed by atoms with Gasteiger partial charge < -0.3 is 33.6 Å². The van der Waals surface area contributed by atoms with Gasteiger partial charge >= 0.3 is 6.09 Å². The van der Waals surface area contributed by atoms with Gasteiger partial charge in [0.1, 0.15) is 18.1 Å². The second kappa shape index (κ2) is 16.7. The number of aliphatic hydroxyl groups is 1. The Kier molecular flexibility index (Phi) is 12.6. The van der Waals surface area contributed by atoms with Gasteiger partial charge in [0.2, 0.25) is 5.91 Å². The van der Waals surface area contributed by atoms with Crippen molar-refractivity contribution in [1.82, 2.24) is 19.9 Å². The summed E-state index contributed by atoms with van der Waals surface area (Å²) in [5.41, 5.74) is 4.43. The molecule has 0 aliphatic carbocycles. The summed E-state index contributed by atoms with van der Waals surface area (Å²) >= 11 is 1.60. The van der Waals surface area contributed by atoms with Crippen LogP contribution in [0.15, 0.2) is 40.4 Å². The van der Waals surface area contributed by atoms with E-state index in [-0.39, 0.29) is 67.6 Å². The van der Waals surface area contributed by atoms with Crippen LogP contribution in [0, 0.1) is 12.8 Å². The summed E-state index contributed by atoms with van der Waals surface area (Å²) in [5, 5.41) is 14.6. The molecule has 13 heteroatoms. The summed E-state index contributed by atoms with van der Waals surface area (Å²) in [6.45, 7) is 15.2. The number of aliphatic hydroxyl groups excluding tert-OH is 1. The maximum absolute atomic E-state index is 14.0. The second-order valence-corrected chi connectivity index (χ2v) is 15.9. The summed E-state index contributed by atoms with van der Waals surface area (Å²) in [4.78, 5) is 48.7. The largest absolute Gasteiger partial charge is 0.473 e. The van der Waals surface area contributed by atoms with Crippen LogP contribution in [0.5, 0.6) is 5.88 Å². The number of ether oxygens (including phenoxy) is 3. The molecule has 4 heterocycles. The van der Waals surface area contributed by atoms with Crippen molar-refractivity contribution in [3.8, 4) is 16.3 Å². The molecule has 0 radical (unpaired) electrons. The van der Waals surface area contributed by atoms with E-state index < -0.39 is 23.7 Å². The number of carbonyl (C=O) groups excluding carboxylic acids is 3. The molecule has 51 heavy (non-hydrogen) atoms. The number of aryl methyl sites for hydroxylation is 1. The van der Waals surface area contributed by atoms with Crippen LogP contribution in [-0.2, 0) is 19.1 Å². The van der Waals surface area contributed by atoms with Crippen LogP contribution in [-0.4, -0.2) is 99.5 Å². The normalized spacial score (nSPS) is 19.7. The highest BCUT2D eigenvalue weighted by molar-refractivity contribution is 7.13. The number of hydrogen-bond acceptors (Lipinski definition) is 11. The molecule has 1 unspecified atom stereocenters. The van der Waals surface area contributed by atoms with Gasteiger partial charge in [-0.1, -0.05) is 45.0 Å². The van der Waals surface area contributed by atoms with Gasteiger partial charge in [0.15, 0.2) is 11.5 Å². The molecule has 5 rings (SSSR count). The van der Waals surface area contributed by atoms with E-state index in [4.69, 9.17) is 18.7 Å². The second-order valence-electron chi connectivity index (χ2n) is 15.0. The fourth-order valence-electron chi connectivity index (χ4n) is 6.75. The molecule has 0 saturated carbocycles. The van der Waals surface area contributed by atoms with Crippen LogP contribution in [0.1, 0.15) is 96.1 Å². The predicted molar refractivity (Wildman–Crippen MR) is 193 cm³/mol.